The highest BCUT2D eigenvalue weighted by atomic mass is 16.6. The summed E-state index contributed by atoms with van der Waals surface area (Å²) in [5.74, 6) is 1.15. The smallest absolute Gasteiger partial charge is 0.264 e. The summed E-state index contributed by atoms with van der Waals surface area (Å²) in [6, 6.07) is 15.9. The van der Waals surface area contributed by atoms with E-state index in [4.69, 9.17) is 9.47 Å². The average Bonchev–Trinajstić information content (AvgIpc) is 2.73. The molecule has 1 fully saturated rings. The van der Waals surface area contributed by atoms with Crippen molar-refractivity contribution in [2.45, 2.75) is 38.5 Å². The Hall–Kier alpha value is -2.53. The number of ether oxygens (including phenoxy) is 2. The van der Waals surface area contributed by atoms with Crippen LogP contribution in [0.25, 0.3) is 0 Å². The lowest BCUT2D eigenvalue weighted by Gasteiger charge is -2.26. The van der Waals surface area contributed by atoms with Crippen molar-refractivity contribution in [1.82, 2.24) is 10.2 Å². The number of likely N-dealkylation sites (tertiary alicyclic amines) is 1. The fraction of sp³-hybridized carbons (Fsp3) is 0.409. The van der Waals surface area contributed by atoms with Gasteiger partial charge in [-0.3, -0.25) is 9.69 Å². The second kappa shape index (κ2) is 8.44. The molecular weight excluding hydrogens is 340 g/mol. The molecule has 0 aromatic heterocycles. The average molecular weight is 366 g/mol. The van der Waals surface area contributed by atoms with E-state index in [-0.39, 0.29) is 12.5 Å². The number of nitrogens with one attached hydrogen (secondary N) is 1. The van der Waals surface area contributed by atoms with Crippen molar-refractivity contribution in [2.24, 2.45) is 0 Å². The lowest BCUT2D eigenvalue weighted by atomic mass is 10.1. The molecule has 2 aliphatic rings. The van der Waals surface area contributed by atoms with Gasteiger partial charge in [0.2, 0.25) is 6.10 Å². The summed E-state index contributed by atoms with van der Waals surface area (Å²) in [4.78, 5) is 14.9. The Kier molecular flexibility index (Phi) is 5.58. The van der Waals surface area contributed by atoms with E-state index in [2.05, 4.69) is 34.5 Å². The van der Waals surface area contributed by atoms with Crippen LogP contribution in [0.2, 0.25) is 0 Å². The van der Waals surface area contributed by atoms with Crippen molar-refractivity contribution in [3.05, 3.63) is 59.7 Å². The molecule has 1 saturated heterocycles. The maximum absolute atomic E-state index is 12.4. The molecule has 0 saturated carbocycles. The minimum absolute atomic E-state index is 0.151. The molecule has 142 valence electrons. The molecule has 27 heavy (non-hydrogen) atoms. The molecule has 5 heteroatoms. The maximum atomic E-state index is 12.4. The van der Waals surface area contributed by atoms with E-state index in [1.54, 1.807) is 0 Å². The molecule has 0 bridgehead atoms. The van der Waals surface area contributed by atoms with E-state index in [1.807, 2.05) is 24.3 Å². The van der Waals surface area contributed by atoms with Crippen LogP contribution in [0.4, 0.5) is 0 Å². The minimum atomic E-state index is -0.613. The summed E-state index contributed by atoms with van der Waals surface area (Å²) in [5, 5.41) is 2.95. The number of rotatable bonds is 5. The van der Waals surface area contributed by atoms with Crippen LogP contribution in [0.15, 0.2) is 48.5 Å². The van der Waals surface area contributed by atoms with Crippen LogP contribution in [-0.2, 0) is 17.9 Å². The number of piperidine rings is 1. The summed E-state index contributed by atoms with van der Waals surface area (Å²) in [5.41, 5.74) is 2.41. The highest BCUT2D eigenvalue weighted by Gasteiger charge is 2.26. The van der Waals surface area contributed by atoms with E-state index in [0.29, 0.717) is 18.0 Å². The molecular formula is C22H26N2O3. The van der Waals surface area contributed by atoms with Gasteiger partial charge in [0.25, 0.3) is 5.91 Å². The quantitative estimate of drug-likeness (QED) is 0.883. The standard InChI is InChI=1S/C22H26N2O3/c25-22(21-16-26-19-6-2-3-7-20(19)27-21)23-14-17-8-10-18(11-9-17)15-24-12-4-1-5-13-24/h2-3,6-11,21H,1,4-5,12-16H2,(H,23,25). The number of fused-ring (bicyclic) bond motifs is 1. The molecule has 2 aliphatic heterocycles. The van der Waals surface area contributed by atoms with Crippen LogP contribution in [0.5, 0.6) is 11.5 Å². The highest BCUT2D eigenvalue weighted by molar-refractivity contribution is 5.81. The third kappa shape index (κ3) is 4.61. The van der Waals surface area contributed by atoms with E-state index in [9.17, 15) is 4.79 Å². The Morgan fingerprint density at radius 1 is 0.963 bits per heavy atom. The van der Waals surface area contributed by atoms with Gasteiger partial charge in [-0.05, 0) is 49.2 Å². The molecule has 1 atom stereocenters. The van der Waals surface area contributed by atoms with E-state index < -0.39 is 6.10 Å². The predicted molar refractivity (Wildman–Crippen MR) is 104 cm³/mol. The first kappa shape index (κ1) is 17.9. The number of hydrogen-bond acceptors (Lipinski definition) is 4. The SMILES string of the molecule is O=C(NCc1ccc(CN2CCCCC2)cc1)C1COc2ccccc2O1. The van der Waals surface area contributed by atoms with Gasteiger partial charge in [0.05, 0.1) is 0 Å². The molecule has 4 rings (SSSR count). The van der Waals surface area contributed by atoms with Crippen molar-refractivity contribution in [3.63, 3.8) is 0 Å². The lowest BCUT2D eigenvalue weighted by molar-refractivity contribution is -0.130. The molecule has 2 aromatic rings. The fourth-order valence-corrected chi connectivity index (χ4v) is 3.59. The number of nitrogens with zero attached hydrogens (tertiary/aromatic N) is 1. The van der Waals surface area contributed by atoms with E-state index in [1.165, 1.54) is 37.9 Å². The molecule has 2 heterocycles. The van der Waals surface area contributed by atoms with Gasteiger partial charge in [0, 0.05) is 13.1 Å². The monoisotopic (exact) mass is 366 g/mol. The minimum Gasteiger partial charge on any atom is -0.485 e. The highest BCUT2D eigenvalue weighted by Crippen LogP contribution is 2.30. The lowest BCUT2D eigenvalue weighted by Crippen LogP contribution is -2.43. The molecule has 5 nitrogen and oxygen atoms in total. The number of para-hydroxylation sites is 2. The Labute approximate surface area is 160 Å². The zero-order chi connectivity index (χ0) is 18.5. The normalized spacial score (nSPS) is 19.5. The van der Waals surface area contributed by atoms with Gasteiger partial charge in [-0.2, -0.15) is 0 Å². The predicted octanol–water partition coefficient (Wildman–Crippen LogP) is 3.13. The third-order valence-corrected chi connectivity index (χ3v) is 5.15. The van der Waals surface area contributed by atoms with Crippen LogP contribution in [-0.4, -0.2) is 36.6 Å². The summed E-state index contributed by atoms with van der Waals surface area (Å²) in [6.45, 7) is 4.13. The Balaban J connectivity index is 1.26. The zero-order valence-electron chi connectivity index (χ0n) is 15.5. The van der Waals surface area contributed by atoms with Gasteiger partial charge in [-0.15, -0.1) is 0 Å². The largest absolute Gasteiger partial charge is 0.485 e. The van der Waals surface area contributed by atoms with Crippen LogP contribution >= 0.6 is 0 Å². The van der Waals surface area contributed by atoms with Gasteiger partial charge >= 0.3 is 0 Å². The number of benzene rings is 2. The second-order valence-corrected chi connectivity index (χ2v) is 7.24. The summed E-state index contributed by atoms with van der Waals surface area (Å²) >= 11 is 0. The molecule has 0 spiro atoms. The first-order chi connectivity index (χ1) is 13.3. The molecule has 1 N–H and O–H groups in total. The Morgan fingerprint density at radius 3 is 2.44 bits per heavy atom. The van der Waals surface area contributed by atoms with Crippen LogP contribution in [0.1, 0.15) is 30.4 Å². The fourth-order valence-electron chi connectivity index (χ4n) is 3.59. The molecule has 0 radical (unpaired) electrons. The van der Waals surface area contributed by atoms with Gasteiger partial charge < -0.3 is 14.8 Å². The van der Waals surface area contributed by atoms with Crippen LogP contribution < -0.4 is 14.8 Å². The van der Waals surface area contributed by atoms with Crippen LogP contribution in [0, 0.1) is 0 Å². The van der Waals surface area contributed by atoms with Crippen molar-refractivity contribution < 1.29 is 14.3 Å². The summed E-state index contributed by atoms with van der Waals surface area (Å²) in [7, 11) is 0. The van der Waals surface area contributed by atoms with Crippen molar-refractivity contribution >= 4 is 5.91 Å². The summed E-state index contributed by atoms with van der Waals surface area (Å²) < 4.78 is 11.3. The van der Waals surface area contributed by atoms with E-state index in [0.717, 1.165) is 12.1 Å². The van der Waals surface area contributed by atoms with Gasteiger partial charge in [-0.1, -0.05) is 42.8 Å². The Morgan fingerprint density at radius 2 is 1.67 bits per heavy atom. The molecule has 0 aliphatic carbocycles. The molecule has 1 amide bonds. The second-order valence-electron chi connectivity index (χ2n) is 7.24. The number of carbonyl (C=O) groups is 1. The van der Waals surface area contributed by atoms with Gasteiger partial charge in [-0.25, -0.2) is 0 Å². The number of amides is 1. The Bertz CT molecular complexity index is 769. The molecule has 1 unspecified atom stereocenters. The van der Waals surface area contributed by atoms with E-state index >= 15 is 0 Å². The summed E-state index contributed by atoms with van der Waals surface area (Å²) in [6.07, 6.45) is 3.36. The van der Waals surface area contributed by atoms with Crippen LogP contribution in [0.3, 0.4) is 0 Å². The van der Waals surface area contributed by atoms with Crippen molar-refractivity contribution in [2.75, 3.05) is 19.7 Å². The number of hydrogen-bond donors (Lipinski definition) is 1. The molecule has 2 aromatic carbocycles. The van der Waals surface area contributed by atoms with Crippen molar-refractivity contribution in [3.8, 4) is 11.5 Å². The number of carbonyl (C=O) groups excluding carboxylic acids is 1. The maximum Gasteiger partial charge on any atom is 0.264 e. The van der Waals surface area contributed by atoms with Gasteiger partial charge in [0.15, 0.2) is 11.5 Å². The zero-order valence-corrected chi connectivity index (χ0v) is 15.5. The topological polar surface area (TPSA) is 50.8 Å². The first-order valence-electron chi connectivity index (χ1n) is 9.74. The van der Waals surface area contributed by atoms with Gasteiger partial charge in [0.1, 0.15) is 6.61 Å². The third-order valence-electron chi connectivity index (χ3n) is 5.15. The first-order valence-corrected chi connectivity index (χ1v) is 9.74. The van der Waals surface area contributed by atoms with Crippen molar-refractivity contribution in [1.29, 1.82) is 0 Å².